The van der Waals surface area contributed by atoms with Crippen molar-refractivity contribution in [1.82, 2.24) is 0 Å². The average Bonchev–Trinajstić information content (AvgIpc) is 2.32. The maximum atomic E-state index is 13.1. The highest BCUT2D eigenvalue weighted by Crippen LogP contribution is 2.17. The van der Waals surface area contributed by atoms with E-state index in [0.717, 1.165) is 23.5 Å². The van der Waals surface area contributed by atoms with E-state index in [-0.39, 0.29) is 5.82 Å². The number of nitrogens with two attached hydrogens (primary N) is 1. The Bertz CT molecular complexity index is 494. The molecule has 0 radical (unpaired) electrons. The van der Waals surface area contributed by atoms with Crippen molar-refractivity contribution < 1.29 is 4.39 Å². The third kappa shape index (κ3) is 2.97. The van der Waals surface area contributed by atoms with Gasteiger partial charge in [0, 0.05) is 25.0 Å². The zero-order valence-corrected chi connectivity index (χ0v) is 9.73. The van der Waals surface area contributed by atoms with Crippen LogP contribution in [0, 0.1) is 5.82 Å². The molecule has 0 aliphatic heterocycles. The molecule has 0 heterocycles. The van der Waals surface area contributed by atoms with Gasteiger partial charge >= 0.3 is 0 Å². The minimum absolute atomic E-state index is 0.216. The molecule has 2 N–H and O–H groups in total. The van der Waals surface area contributed by atoms with Gasteiger partial charge in [0.05, 0.1) is 0 Å². The first-order valence-corrected chi connectivity index (χ1v) is 5.46. The van der Waals surface area contributed by atoms with E-state index in [9.17, 15) is 4.39 Å². The van der Waals surface area contributed by atoms with Gasteiger partial charge in [-0.2, -0.15) is 0 Å². The molecule has 17 heavy (non-hydrogen) atoms. The number of hydrogen-bond acceptors (Lipinski definition) is 2. The van der Waals surface area contributed by atoms with Gasteiger partial charge in [0.1, 0.15) is 5.82 Å². The first-order valence-electron chi connectivity index (χ1n) is 5.46. The van der Waals surface area contributed by atoms with Gasteiger partial charge in [-0.25, -0.2) is 4.39 Å². The number of benzene rings is 2. The number of nitrogens with zero attached hydrogens (tertiary/aromatic N) is 1. The molecule has 0 amide bonds. The molecule has 2 rings (SSSR count). The minimum atomic E-state index is -0.216. The molecular weight excluding hydrogens is 215 g/mol. The lowest BCUT2D eigenvalue weighted by molar-refractivity contribution is 0.627. The van der Waals surface area contributed by atoms with Crippen molar-refractivity contribution >= 4 is 11.4 Å². The summed E-state index contributed by atoms with van der Waals surface area (Å²) in [6.07, 6.45) is 0. The van der Waals surface area contributed by atoms with E-state index in [2.05, 4.69) is 0 Å². The van der Waals surface area contributed by atoms with Crippen LogP contribution in [0.2, 0.25) is 0 Å². The van der Waals surface area contributed by atoms with Gasteiger partial charge in [-0.3, -0.25) is 0 Å². The molecule has 88 valence electrons. The second-order valence-corrected chi connectivity index (χ2v) is 4.08. The van der Waals surface area contributed by atoms with Crippen LogP contribution in [0.15, 0.2) is 48.5 Å². The van der Waals surface area contributed by atoms with Crippen LogP contribution in [0.1, 0.15) is 5.56 Å². The Labute approximate surface area is 100 Å². The van der Waals surface area contributed by atoms with Crippen molar-refractivity contribution in [1.29, 1.82) is 0 Å². The first kappa shape index (κ1) is 11.5. The summed E-state index contributed by atoms with van der Waals surface area (Å²) < 4.78 is 13.1. The molecule has 0 spiro atoms. The van der Waals surface area contributed by atoms with Gasteiger partial charge in [0.25, 0.3) is 0 Å². The lowest BCUT2D eigenvalue weighted by atomic mass is 10.2. The predicted octanol–water partition coefficient (Wildman–Crippen LogP) is 3.04. The molecule has 0 aliphatic rings. The standard InChI is InChI=1S/C14H15FN2/c1-17(14-4-2-3-12(15)9-14)10-11-5-7-13(16)8-6-11/h2-9H,10,16H2,1H3. The van der Waals surface area contributed by atoms with Gasteiger partial charge < -0.3 is 10.6 Å². The van der Waals surface area contributed by atoms with Crippen molar-refractivity contribution in [2.75, 3.05) is 17.7 Å². The van der Waals surface area contributed by atoms with Crippen LogP contribution >= 0.6 is 0 Å². The van der Waals surface area contributed by atoms with Crippen LogP contribution in [-0.2, 0) is 6.54 Å². The quantitative estimate of drug-likeness (QED) is 0.821. The highest BCUT2D eigenvalue weighted by molar-refractivity contribution is 5.47. The number of halogens is 1. The molecule has 2 aromatic carbocycles. The van der Waals surface area contributed by atoms with Crippen molar-refractivity contribution in [3.8, 4) is 0 Å². The van der Waals surface area contributed by atoms with Crippen LogP contribution < -0.4 is 10.6 Å². The molecule has 2 aromatic rings. The molecule has 0 saturated heterocycles. The summed E-state index contributed by atoms with van der Waals surface area (Å²) in [6.45, 7) is 0.726. The van der Waals surface area contributed by atoms with Crippen LogP contribution in [0.5, 0.6) is 0 Å². The maximum absolute atomic E-state index is 13.1. The SMILES string of the molecule is CN(Cc1ccc(N)cc1)c1cccc(F)c1. The molecule has 0 aliphatic carbocycles. The van der Waals surface area contributed by atoms with E-state index in [1.54, 1.807) is 6.07 Å². The molecule has 0 bridgehead atoms. The Morgan fingerprint density at radius 2 is 1.82 bits per heavy atom. The largest absolute Gasteiger partial charge is 0.399 e. The molecule has 0 fully saturated rings. The summed E-state index contributed by atoms with van der Waals surface area (Å²) in [6, 6.07) is 14.3. The van der Waals surface area contributed by atoms with Crippen molar-refractivity contribution in [2.45, 2.75) is 6.54 Å². The summed E-state index contributed by atoms with van der Waals surface area (Å²) in [4.78, 5) is 1.99. The Morgan fingerprint density at radius 3 is 2.47 bits per heavy atom. The summed E-state index contributed by atoms with van der Waals surface area (Å²) in [5.41, 5.74) is 8.38. The average molecular weight is 230 g/mol. The van der Waals surface area contributed by atoms with E-state index < -0.39 is 0 Å². The fraction of sp³-hybridized carbons (Fsp3) is 0.143. The van der Waals surface area contributed by atoms with E-state index >= 15 is 0 Å². The Hall–Kier alpha value is -2.03. The van der Waals surface area contributed by atoms with Crippen molar-refractivity contribution in [3.63, 3.8) is 0 Å². The predicted molar refractivity (Wildman–Crippen MR) is 69.4 cm³/mol. The number of anilines is 2. The molecular formula is C14H15FN2. The van der Waals surface area contributed by atoms with Gasteiger partial charge in [-0.05, 0) is 35.9 Å². The second-order valence-electron chi connectivity index (χ2n) is 4.08. The van der Waals surface area contributed by atoms with Gasteiger partial charge in [0.2, 0.25) is 0 Å². The summed E-state index contributed by atoms with van der Waals surface area (Å²) in [5, 5.41) is 0. The monoisotopic (exact) mass is 230 g/mol. The van der Waals surface area contributed by atoms with Crippen LogP contribution in [0.25, 0.3) is 0 Å². The molecule has 0 unspecified atom stereocenters. The van der Waals surface area contributed by atoms with Crippen LogP contribution in [0.3, 0.4) is 0 Å². The van der Waals surface area contributed by atoms with E-state index in [0.29, 0.717) is 0 Å². The molecule has 2 nitrogen and oxygen atoms in total. The van der Waals surface area contributed by atoms with E-state index in [1.807, 2.05) is 42.3 Å². The normalized spacial score (nSPS) is 10.2. The molecule has 0 atom stereocenters. The van der Waals surface area contributed by atoms with E-state index in [4.69, 9.17) is 5.73 Å². The van der Waals surface area contributed by atoms with Crippen molar-refractivity contribution in [2.24, 2.45) is 0 Å². The van der Waals surface area contributed by atoms with Crippen molar-refractivity contribution in [3.05, 3.63) is 59.9 Å². The summed E-state index contributed by atoms with van der Waals surface area (Å²) in [5.74, 6) is -0.216. The smallest absolute Gasteiger partial charge is 0.125 e. The third-order valence-corrected chi connectivity index (χ3v) is 2.65. The summed E-state index contributed by atoms with van der Waals surface area (Å²) >= 11 is 0. The summed E-state index contributed by atoms with van der Waals surface area (Å²) in [7, 11) is 1.94. The fourth-order valence-electron chi connectivity index (χ4n) is 1.70. The number of rotatable bonds is 3. The van der Waals surface area contributed by atoms with Crippen LogP contribution in [0.4, 0.5) is 15.8 Å². The first-order chi connectivity index (χ1) is 8.15. The second kappa shape index (κ2) is 4.87. The van der Waals surface area contributed by atoms with E-state index in [1.165, 1.54) is 12.1 Å². The molecule has 3 heteroatoms. The highest BCUT2D eigenvalue weighted by atomic mass is 19.1. The number of nitrogen functional groups attached to an aromatic ring is 1. The lowest BCUT2D eigenvalue weighted by Crippen LogP contribution is -2.16. The van der Waals surface area contributed by atoms with Gasteiger partial charge in [0.15, 0.2) is 0 Å². The zero-order valence-electron chi connectivity index (χ0n) is 9.73. The third-order valence-electron chi connectivity index (χ3n) is 2.65. The minimum Gasteiger partial charge on any atom is -0.399 e. The highest BCUT2D eigenvalue weighted by Gasteiger charge is 2.02. The molecule has 0 aromatic heterocycles. The fourth-order valence-corrected chi connectivity index (χ4v) is 1.70. The van der Waals surface area contributed by atoms with Gasteiger partial charge in [-0.1, -0.05) is 18.2 Å². The Kier molecular flexibility index (Phi) is 3.28. The van der Waals surface area contributed by atoms with Crippen LogP contribution in [-0.4, -0.2) is 7.05 Å². The Morgan fingerprint density at radius 1 is 1.12 bits per heavy atom. The zero-order chi connectivity index (χ0) is 12.3. The number of hydrogen-bond donors (Lipinski definition) is 1. The topological polar surface area (TPSA) is 29.3 Å². The van der Waals surface area contributed by atoms with Gasteiger partial charge in [-0.15, -0.1) is 0 Å². The lowest BCUT2D eigenvalue weighted by Gasteiger charge is -2.19. The maximum Gasteiger partial charge on any atom is 0.125 e. The Balaban J connectivity index is 2.11. The molecule has 0 saturated carbocycles.